The van der Waals surface area contributed by atoms with Gasteiger partial charge in [-0.05, 0) is 62.4 Å². The molecule has 0 aliphatic rings. The minimum Gasteiger partial charge on any atom is -0.506 e. The van der Waals surface area contributed by atoms with Gasteiger partial charge in [-0.1, -0.05) is 0 Å². The molecule has 6 nitrogen and oxygen atoms in total. The van der Waals surface area contributed by atoms with Crippen molar-refractivity contribution < 1.29 is 10.2 Å². The molecule has 0 saturated carbocycles. The van der Waals surface area contributed by atoms with Crippen molar-refractivity contribution >= 4 is 44.9 Å². The second-order valence-electron chi connectivity index (χ2n) is 6.19. The molecule has 4 aromatic rings. The Bertz CT molecular complexity index is 1190. The average Bonchev–Trinajstić information content (AvgIpc) is 2.70. The van der Waals surface area contributed by atoms with Gasteiger partial charge in [0, 0.05) is 45.2 Å². The Balaban J connectivity index is 0.000000200. The van der Waals surface area contributed by atoms with Crippen LogP contribution in [0.15, 0.2) is 48.5 Å². The van der Waals surface area contributed by atoms with Crippen LogP contribution in [0.5, 0.6) is 11.5 Å². The van der Waals surface area contributed by atoms with Gasteiger partial charge in [0.15, 0.2) is 0 Å². The number of aryl methyl sites for hydroxylation is 2. The molecule has 0 aliphatic carbocycles. The molecule has 2 heterocycles. The van der Waals surface area contributed by atoms with E-state index in [0.29, 0.717) is 32.9 Å². The summed E-state index contributed by atoms with van der Waals surface area (Å²) in [7, 11) is 0. The molecule has 2 aromatic heterocycles. The van der Waals surface area contributed by atoms with Crippen LogP contribution < -0.4 is 0 Å². The monoisotopic (exact) mass is 392 g/mol. The van der Waals surface area contributed by atoms with Crippen molar-refractivity contribution in [2.45, 2.75) is 13.8 Å². The summed E-state index contributed by atoms with van der Waals surface area (Å²) < 4.78 is 0. The van der Waals surface area contributed by atoms with Gasteiger partial charge in [-0.15, -0.1) is 0 Å². The lowest BCUT2D eigenvalue weighted by Crippen LogP contribution is -1.86. The standard InChI is InChI=1S/2C11H8N2O.Mg/c2*1-7-2-4-9-8(6-12)3-5-10(14)11(9)13-7;/h2*2-5,14H,1H3;. The van der Waals surface area contributed by atoms with Crippen LogP contribution in [0.1, 0.15) is 22.5 Å². The normalized spacial score (nSPS) is 9.66. The molecule has 0 aliphatic heterocycles. The summed E-state index contributed by atoms with van der Waals surface area (Å²) in [5.74, 6) is 0.227. The molecule has 29 heavy (non-hydrogen) atoms. The van der Waals surface area contributed by atoms with Crippen LogP contribution in [0.3, 0.4) is 0 Å². The number of benzene rings is 2. The first-order chi connectivity index (χ1) is 13.4. The maximum Gasteiger partial charge on any atom is 0.141 e. The first kappa shape index (κ1) is 21.9. The van der Waals surface area contributed by atoms with Crippen molar-refractivity contribution in [2.24, 2.45) is 0 Å². The van der Waals surface area contributed by atoms with Gasteiger partial charge in [0.25, 0.3) is 0 Å². The number of rotatable bonds is 0. The lowest BCUT2D eigenvalue weighted by molar-refractivity contribution is 0.479. The molecule has 2 N–H and O–H groups in total. The number of hydrogen-bond acceptors (Lipinski definition) is 6. The Labute approximate surface area is 183 Å². The molecule has 7 heteroatoms. The lowest BCUT2D eigenvalue weighted by Gasteiger charge is -2.02. The average molecular weight is 393 g/mol. The van der Waals surface area contributed by atoms with Crippen LogP contribution in [0, 0.1) is 36.5 Å². The molecular formula is C22H16MgN4O2. The van der Waals surface area contributed by atoms with Gasteiger partial charge in [0.05, 0.1) is 23.3 Å². The molecule has 0 amide bonds. The van der Waals surface area contributed by atoms with Crippen molar-refractivity contribution in [3.63, 3.8) is 0 Å². The van der Waals surface area contributed by atoms with Crippen LogP contribution in [-0.4, -0.2) is 43.2 Å². The molecule has 0 spiro atoms. The van der Waals surface area contributed by atoms with Gasteiger partial charge in [0.2, 0.25) is 0 Å². The summed E-state index contributed by atoms with van der Waals surface area (Å²) in [6.07, 6.45) is 0. The number of phenols is 2. The van der Waals surface area contributed by atoms with Crippen molar-refractivity contribution in [3.05, 3.63) is 71.0 Å². The summed E-state index contributed by atoms with van der Waals surface area (Å²) >= 11 is 0. The number of aromatic hydroxyl groups is 2. The minimum atomic E-state index is 0. The van der Waals surface area contributed by atoms with Gasteiger partial charge < -0.3 is 10.2 Å². The fourth-order valence-corrected chi connectivity index (χ4v) is 2.80. The predicted molar refractivity (Wildman–Crippen MR) is 111 cm³/mol. The number of phenolic OH excluding ortho intramolecular Hbond substituents is 2. The van der Waals surface area contributed by atoms with Gasteiger partial charge >= 0.3 is 0 Å². The fraction of sp³-hybridized carbons (Fsp3) is 0.0909. The van der Waals surface area contributed by atoms with Gasteiger partial charge in [-0.2, -0.15) is 10.5 Å². The third-order valence-corrected chi connectivity index (χ3v) is 4.19. The van der Waals surface area contributed by atoms with Crippen molar-refractivity contribution in [1.29, 1.82) is 10.5 Å². The number of aromatic nitrogens is 2. The molecule has 0 unspecified atom stereocenters. The highest BCUT2D eigenvalue weighted by atomic mass is 24.3. The topological polar surface area (TPSA) is 114 Å². The largest absolute Gasteiger partial charge is 0.506 e. The summed E-state index contributed by atoms with van der Waals surface area (Å²) in [5.41, 5.74) is 3.69. The molecule has 0 fully saturated rings. The van der Waals surface area contributed by atoms with Crippen LogP contribution in [0.2, 0.25) is 0 Å². The highest BCUT2D eigenvalue weighted by Gasteiger charge is 2.06. The maximum atomic E-state index is 9.54. The third kappa shape index (κ3) is 4.54. The first-order valence-electron chi connectivity index (χ1n) is 8.43. The van der Waals surface area contributed by atoms with Crippen LogP contribution in [0.4, 0.5) is 0 Å². The van der Waals surface area contributed by atoms with E-state index in [4.69, 9.17) is 10.5 Å². The van der Waals surface area contributed by atoms with E-state index < -0.39 is 0 Å². The summed E-state index contributed by atoms with van der Waals surface area (Å²) in [6.45, 7) is 3.69. The van der Waals surface area contributed by atoms with E-state index >= 15 is 0 Å². The van der Waals surface area contributed by atoms with Gasteiger partial charge in [-0.3, -0.25) is 0 Å². The molecule has 0 bridgehead atoms. The van der Waals surface area contributed by atoms with E-state index in [9.17, 15) is 10.2 Å². The molecule has 0 saturated heterocycles. The SMILES string of the molecule is Cc1ccc2c(C#N)ccc(O)c2n1.Cc1ccc2c(C#N)ccc(O)c2n1.[Mg]. The zero-order valence-corrected chi connectivity index (χ0v) is 17.4. The van der Waals surface area contributed by atoms with Crippen molar-refractivity contribution in [2.75, 3.05) is 0 Å². The van der Waals surface area contributed by atoms with Crippen LogP contribution >= 0.6 is 0 Å². The molecular weight excluding hydrogens is 377 g/mol. The van der Waals surface area contributed by atoms with E-state index in [1.54, 1.807) is 24.3 Å². The second kappa shape index (κ2) is 9.20. The van der Waals surface area contributed by atoms with E-state index in [2.05, 4.69) is 22.1 Å². The Kier molecular flexibility index (Phi) is 6.95. The Morgan fingerprint density at radius 3 is 1.38 bits per heavy atom. The van der Waals surface area contributed by atoms with Crippen LogP contribution in [0.25, 0.3) is 21.8 Å². The smallest absolute Gasteiger partial charge is 0.141 e. The summed E-state index contributed by atoms with van der Waals surface area (Å²) in [6, 6.07) is 17.5. The van der Waals surface area contributed by atoms with E-state index in [1.165, 1.54) is 12.1 Å². The molecule has 2 radical (unpaired) electrons. The molecule has 4 rings (SSSR count). The van der Waals surface area contributed by atoms with E-state index in [-0.39, 0.29) is 34.6 Å². The number of nitrogens with zero attached hydrogens (tertiary/aromatic N) is 4. The molecule has 2 aromatic carbocycles. The fourth-order valence-electron chi connectivity index (χ4n) is 2.80. The van der Waals surface area contributed by atoms with Gasteiger partial charge in [0.1, 0.15) is 22.5 Å². The predicted octanol–water partition coefficient (Wildman–Crippen LogP) is 3.86. The minimum absolute atomic E-state index is 0. The highest BCUT2D eigenvalue weighted by Crippen LogP contribution is 2.26. The quantitative estimate of drug-likeness (QED) is 0.439. The first-order valence-corrected chi connectivity index (χ1v) is 8.43. The Hall–Kier alpha value is -3.39. The number of fused-ring (bicyclic) bond motifs is 2. The Morgan fingerprint density at radius 2 is 1.03 bits per heavy atom. The van der Waals surface area contributed by atoms with Crippen LogP contribution in [-0.2, 0) is 0 Å². The zero-order chi connectivity index (χ0) is 20.3. The summed E-state index contributed by atoms with van der Waals surface area (Å²) in [5, 5.41) is 38.1. The third-order valence-electron chi connectivity index (χ3n) is 4.19. The zero-order valence-electron chi connectivity index (χ0n) is 16.0. The van der Waals surface area contributed by atoms with Crippen molar-refractivity contribution in [1.82, 2.24) is 9.97 Å². The maximum absolute atomic E-state index is 9.54. The van der Waals surface area contributed by atoms with Gasteiger partial charge in [-0.25, -0.2) is 9.97 Å². The number of pyridine rings is 2. The Morgan fingerprint density at radius 1 is 0.655 bits per heavy atom. The summed E-state index contributed by atoms with van der Waals surface area (Å²) in [4.78, 5) is 8.37. The van der Waals surface area contributed by atoms with E-state index in [0.717, 1.165) is 11.4 Å². The number of nitriles is 2. The second-order valence-corrected chi connectivity index (χ2v) is 6.19. The molecule has 138 valence electrons. The number of hydrogen-bond donors (Lipinski definition) is 2. The lowest BCUT2D eigenvalue weighted by atomic mass is 10.1. The molecule has 0 atom stereocenters. The van der Waals surface area contributed by atoms with E-state index in [1.807, 2.05) is 26.0 Å². The van der Waals surface area contributed by atoms with Crippen molar-refractivity contribution in [3.8, 4) is 23.6 Å². The highest BCUT2D eigenvalue weighted by molar-refractivity contribution is 5.90.